The van der Waals surface area contributed by atoms with E-state index in [2.05, 4.69) is 32.3 Å². The molecule has 0 amide bonds. The summed E-state index contributed by atoms with van der Waals surface area (Å²) in [5.41, 5.74) is 0.197. The predicted molar refractivity (Wildman–Crippen MR) is 87.2 cm³/mol. The third kappa shape index (κ3) is 4.84. The Labute approximate surface area is 136 Å². The van der Waals surface area contributed by atoms with E-state index in [1.165, 1.54) is 4.88 Å². The molecule has 0 atom stereocenters. The van der Waals surface area contributed by atoms with Gasteiger partial charge in [0.2, 0.25) is 0 Å². The SMILES string of the molecule is CN(CCOc1ccccc1C(=O)O)Cc1cc(Br)cs1. The molecule has 21 heavy (non-hydrogen) atoms. The lowest BCUT2D eigenvalue weighted by molar-refractivity contribution is 0.0691. The average molecular weight is 370 g/mol. The van der Waals surface area contributed by atoms with Crippen molar-refractivity contribution in [3.05, 3.63) is 50.6 Å². The van der Waals surface area contributed by atoms with Gasteiger partial charge in [-0.05, 0) is 41.2 Å². The molecule has 0 saturated heterocycles. The lowest BCUT2D eigenvalue weighted by Crippen LogP contribution is -2.23. The number of carboxylic acid groups (broad SMARTS) is 1. The van der Waals surface area contributed by atoms with Crippen molar-refractivity contribution in [2.24, 2.45) is 0 Å². The van der Waals surface area contributed by atoms with Gasteiger partial charge in [-0.1, -0.05) is 12.1 Å². The zero-order valence-corrected chi connectivity index (χ0v) is 14.0. The van der Waals surface area contributed by atoms with Gasteiger partial charge >= 0.3 is 5.97 Å². The molecule has 2 rings (SSSR count). The molecule has 0 radical (unpaired) electrons. The second-order valence-corrected chi connectivity index (χ2v) is 6.53. The minimum Gasteiger partial charge on any atom is -0.491 e. The van der Waals surface area contributed by atoms with Crippen LogP contribution in [0.4, 0.5) is 0 Å². The van der Waals surface area contributed by atoms with Crippen molar-refractivity contribution in [1.29, 1.82) is 0 Å². The zero-order chi connectivity index (χ0) is 15.2. The van der Waals surface area contributed by atoms with Crippen LogP contribution in [0.2, 0.25) is 0 Å². The van der Waals surface area contributed by atoms with Gasteiger partial charge in [0.05, 0.1) is 0 Å². The van der Waals surface area contributed by atoms with E-state index < -0.39 is 5.97 Å². The summed E-state index contributed by atoms with van der Waals surface area (Å²) >= 11 is 5.15. The Morgan fingerprint density at radius 3 is 2.86 bits per heavy atom. The molecule has 0 saturated carbocycles. The van der Waals surface area contributed by atoms with Gasteiger partial charge in [0, 0.05) is 27.8 Å². The summed E-state index contributed by atoms with van der Waals surface area (Å²) in [4.78, 5) is 14.5. The number of para-hydroxylation sites is 1. The van der Waals surface area contributed by atoms with Gasteiger partial charge in [-0.25, -0.2) is 4.79 Å². The van der Waals surface area contributed by atoms with Crippen LogP contribution in [0.1, 0.15) is 15.2 Å². The molecule has 0 aliphatic carbocycles. The van der Waals surface area contributed by atoms with Crippen molar-refractivity contribution in [3.63, 3.8) is 0 Å². The highest BCUT2D eigenvalue weighted by Gasteiger charge is 2.10. The van der Waals surface area contributed by atoms with Crippen LogP contribution in [0.15, 0.2) is 40.2 Å². The number of hydrogen-bond donors (Lipinski definition) is 1. The first-order valence-electron chi connectivity index (χ1n) is 6.43. The van der Waals surface area contributed by atoms with Crippen molar-refractivity contribution in [1.82, 2.24) is 4.90 Å². The number of rotatable bonds is 7. The van der Waals surface area contributed by atoms with Crippen LogP contribution in [0, 0.1) is 0 Å². The molecule has 0 unspecified atom stereocenters. The second kappa shape index (κ2) is 7.59. The van der Waals surface area contributed by atoms with Crippen molar-refractivity contribution in [3.8, 4) is 5.75 Å². The van der Waals surface area contributed by atoms with Gasteiger partial charge in [-0.15, -0.1) is 11.3 Å². The summed E-state index contributed by atoms with van der Waals surface area (Å²) in [5.74, 6) is -0.556. The van der Waals surface area contributed by atoms with Gasteiger partial charge in [0.1, 0.15) is 17.9 Å². The normalized spacial score (nSPS) is 10.8. The van der Waals surface area contributed by atoms with E-state index in [1.807, 2.05) is 7.05 Å². The molecule has 1 aromatic carbocycles. The van der Waals surface area contributed by atoms with E-state index in [0.29, 0.717) is 12.4 Å². The number of carboxylic acids is 1. The molecule has 0 aliphatic rings. The summed E-state index contributed by atoms with van der Waals surface area (Å²) < 4.78 is 6.68. The Kier molecular flexibility index (Phi) is 5.78. The molecule has 4 nitrogen and oxygen atoms in total. The predicted octanol–water partition coefficient (Wildman–Crippen LogP) is 3.72. The molecule has 0 fully saturated rings. The van der Waals surface area contributed by atoms with E-state index in [-0.39, 0.29) is 5.56 Å². The standard InChI is InChI=1S/C15H16BrNO3S/c1-17(9-12-8-11(16)10-21-12)6-7-20-14-5-3-2-4-13(14)15(18)19/h2-5,8,10H,6-7,9H2,1H3,(H,18,19). The first-order chi connectivity index (χ1) is 10.1. The fourth-order valence-corrected chi connectivity index (χ4v) is 3.39. The third-order valence-corrected chi connectivity index (χ3v) is 4.58. The monoisotopic (exact) mass is 369 g/mol. The highest BCUT2D eigenvalue weighted by Crippen LogP contribution is 2.21. The van der Waals surface area contributed by atoms with Crippen molar-refractivity contribution >= 4 is 33.2 Å². The first-order valence-corrected chi connectivity index (χ1v) is 8.10. The van der Waals surface area contributed by atoms with E-state index >= 15 is 0 Å². The van der Waals surface area contributed by atoms with Gasteiger partial charge in [-0.2, -0.15) is 0 Å². The molecule has 1 N–H and O–H groups in total. The molecule has 1 heterocycles. The number of nitrogens with zero attached hydrogens (tertiary/aromatic N) is 1. The van der Waals surface area contributed by atoms with Crippen LogP contribution < -0.4 is 4.74 Å². The van der Waals surface area contributed by atoms with Crippen LogP contribution >= 0.6 is 27.3 Å². The quantitative estimate of drug-likeness (QED) is 0.807. The Morgan fingerprint density at radius 2 is 2.19 bits per heavy atom. The zero-order valence-electron chi connectivity index (χ0n) is 11.6. The number of likely N-dealkylation sites (N-methyl/N-ethyl adjacent to an activating group) is 1. The number of benzene rings is 1. The number of ether oxygens (including phenoxy) is 1. The Bertz CT molecular complexity index is 614. The van der Waals surface area contributed by atoms with E-state index in [4.69, 9.17) is 9.84 Å². The number of hydrogen-bond acceptors (Lipinski definition) is 4. The number of thiophene rings is 1. The summed E-state index contributed by atoms with van der Waals surface area (Å²) in [7, 11) is 2.01. The number of halogens is 1. The van der Waals surface area contributed by atoms with Crippen molar-refractivity contribution in [2.45, 2.75) is 6.54 Å². The molecule has 6 heteroatoms. The summed E-state index contributed by atoms with van der Waals surface area (Å²) in [6, 6.07) is 8.79. The fourth-order valence-electron chi connectivity index (χ4n) is 1.86. The van der Waals surface area contributed by atoms with Crippen molar-refractivity contribution in [2.75, 3.05) is 20.2 Å². The smallest absolute Gasteiger partial charge is 0.339 e. The summed E-state index contributed by atoms with van der Waals surface area (Å²) in [5, 5.41) is 11.1. The number of carbonyl (C=O) groups is 1. The Morgan fingerprint density at radius 1 is 1.43 bits per heavy atom. The maximum atomic E-state index is 11.1. The molecule has 0 aliphatic heterocycles. The van der Waals surface area contributed by atoms with E-state index in [0.717, 1.165) is 17.6 Å². The Hall–Kier alpha value is -1.37. The highest BCUT2D eigenvalue weighted by molar-refractivity contribution is 9.10. The molecular weight excluding hydrogens is 354 g/mol. The highest BCUT2D eigenvalue weighted by atomic mass is 79.9. The first kappa shape index (κ1) is 16.0. The lowest BCUT2D eigenvalue weighted by atomic mass is 10.2. The van der Waals surface area contributed by atoms with Crippen LogP contribution in [-0.2, 0) is 6.54 Å². The molecule has 1 aromatic heterocycles. The molecule has 0 bridgehead atoms. The molecule has 112 valence electrons. The Balaban J connectivity index is 1.83. The van der Waals surface area contributed by atoms with Crippen LogP contribution in [0.3, 0.4) is 0 Å². The molecule has 2 aromatic rings. The van der Waals surface area contributed by atoms with Gasteiger partial charge in [-0.3, -0.25) is 4.90 Å². The van der Waals surface area contributed by atoms with Gasteiger partial charge in [0.25, 0.3) is 0 Å². The second-order valence-electron chi connectivity index (χ2n) is 4.62. The van der Waals surface area contributed by atoms with Crippen LogP contribution in [0.5, 0.6) is 5.75 Å². The van der Waals surface area contributed by atoms with Gasteiger partial charge < -0.3 is 9.84 Å². The third-order valence-electron chi connectivity index (χ3n) is 2.90. The van der Waals surface area contributed by atoms with Crippen LogP contribution in [-0.4, -0.2) is 36.2 Å². The van der Waals surface area contributed by atoms with E-state index in [9.17, 15) is 4.79 Å². The number of aromatic carboxylic acids is 1. The van der Waals surface area contributed by atoms with Gasteiger partial charge in [0.15, 0.2) is 0 Å². The van der Waals surface area contributed by atoms with Crippen LogP contribution in [0.25, 0.3) is 0 Å². The molecule has 0 spiro atoms. The van der Waals surface area contributed by atoms with Crippen molar-refractivity contribution < 1.29 is 14.6 Å². The minimum absolute atomic E-state index is 0.197. The topological polar surface area (TPSA) is 49.8 Å². The maximum Gasteiger partial charge on any atom is 0.339 e. The largest absolute Gasteiger partial charge is 0.491 e. The van der Waals surface area contributed by atoms with E-state index in [1.54, 1.807) is 35.6 Å². The average Bonchev–Trinajstić information content (AvgIpc) is 2.84. The molecular formula is C15H16BrNO3S. The summed E-state index contributed by atoms with van der Waals surface area (Å²) in [6.45, 7) is 2.02. The maximum absolute atomic E-state index is 11.1. The summed E-state index contributed by atoms with van der Waals surface area (Å²) in [6.07, 6.45) is 0. The minimum atomic E-state index is -0.970. The fraction of sp³-hybridized carbons (Fsp3) is 0.267. The lowest BCUT2D eigenvalue weighted by Gasteiger charge is -2.16.